The number of aliphatic carboxylic acids is 3. The van der Waals surface area contributed by atoms with Crippen LogP contribution >= 0.6 is 0 Å². The standard InChI is InChI=1S/C6H8O7.2Al.3O/c7-3(8)1-6(13,5(11)12)2-4(9)10;;;;;/h13H,1-2H2,(H,7,8)(H,9,10)(H,11,12);;;;;/q;2*+3;3*-2. The maximum absolute atomic E-state index is 10.3. The largest absolute Gasteiger partial charge is 3.00 e. The van der Waals surface area contributed by atoms with Crippen molar-refractivity contribution in [1.29, 1.82) is 0 Å². The third kappa shape index (κ3) is 13.4. The molecular weight excluding hydrogens is 286 g/mol. The number of carbonyl (C=O) groups is 3. The van der Waals surface area contributed by atoms with Gasteiger partial charge in [0.2, 0.25) is 0 Å². The van der Waals surface area contributed by atoms with Crippen molar-refractivity contribution in [2.75, 3.05) is 0 Å². The first-order chi connectivity index (χ1) is 5.78. The zero-order valence-electron chi connectivity index (χ0n) is 8.81. The first-order valence-electron chi connectivity index (χ1n) is 3.17. The third-order valence-electron chi connectivity index (χ3n) is 1.29. The predicted octanol–water partition coefficient (Wildman–Crippen LogP) is -2.37. The molecule has 98 valence electrons. The van der Waals surface area contributed by atoms with Crippen molar-refractivity contribution in [1.82, 2.24) is 0 Å². The van der Waals surface area contributed by atoms with Crippen LogP contribution in [0.5, 0.6) is 0 Å². The molecule has 0 atom stereocenters. The Balaban J connectivity index is -0.0000000720. The van der Waals surface area contributed by atoms with Gasteiger partial charge in [0.1, 0.15) is 0 Å². The van der Waals surface area contributed by atoms with Crippen molar-refractivity contribution in [2.45, 2.75) is 18.4 Å². The summed E-state index contributed by atoms with van der Waals surface area (Å²) in [5, 5.41) is 33.8. The monoisotopic (exact) mass is 294 g/mol. The SMILES string of the molecule is O=C(O)CC(O)(CC(=O)O)C(=O)O.[Al+3].[Al+3].[O-2].[O-2].[O-2]. The van der Waals surface area contributed by atoms with Crippen LogP contribution in [0.15, 0.2) is 0 Å². The van der Waals surface area contributed by atoms with E-state index in [0.717, 1.165) is 0 Å². The minimum atomic E-state index is -2.74. The quantitative estimate of drug-likeness (QED) is 0.403. The first kappa shape index (κ1) is 36.0. The van der Waals surface area contributed by atoms with Crippen LogP contribution in [0, 0.1) is 0 Å². The number of carboxylic acid groups (broad SMARTS) is 3. The Morgan fingerprint density at radius 2 is 1.00 bits per heavy atom. The van der Waals surface area contributed by atoms with Crippen LogP contribution < -0.4 is 0 Å². The van der Waals surface area contributed by atoms with Crippen molar-refractivity contribution in [2.24, 2.45) is 0 Å². The summed E-state index contributed by atoms with van der Waals surface area (Å²) < 4.78 is 0. The second-order valence-electron chi connectivity index (χ2n) is 2.48. The van der Waals surface area contributed by atoms with Crippen molar-refractivity contribution < 1.29 is 51.2 Å². The van der Waals surface area contributed by atoms with Crippen LogP contribution in [0.25, 0.3) is 0 Å². The van der Waals surface area contributed by atoms with Crippen LogP contribution in [0.3, 0.4) is 0 Å². The second-order valence-corrected chi connectivity index (χ2v) is 2.48. The van der Waals surface area contributed by atoms with E-state index in [4.69, 9.17) is 20.4 Å². The van der Waals surface area contributed by atoms with Crippen LogP contribution in [0.2, 0.25) is 0 Å². The summed E-state index contributed by atoms with van der Waals surface area (Å²) in [6.07, 6.45) is -2.29. The van der Waals surface area contributed by atoms with Crippen molar-refractivity contribution in [3.8, 4) is 0 Å². The first-order valence-corrected chi connectivity index (χ1v) is 3.17. The molecule has 0 spiro atoms. The number of hydrogen-bond donors (Lipinski definition) is 4. The molecule has 0 amide bonds. The van der Waals surface area contributed by atoms with E-state index >= 15 is 0 Å². The predicted molar refractivity (Wildman–Crippen MR) is 50.7 cm³/mol. The van der Waals surface area contributed by atoms with Gasteiger partial charge in [0, 0.05) is 0 Å². The van der Waals surface area contributed by atoms with Gasteiger partial charge in [0.05, 0.1) is 12.8 Å². The molecule has 0 saturated heterocycles. The average molecular weight is 294 g/mol. The summed E-state index contributed by atoms with van der Waals surface area (Å²) in [6.45, 7) is 0. The van der Waals surface area contributed by atoms with Gasteiger partial charge < -0.3 is 36.9 Å². The van der Waals surface area contributed by atoms with Crippen LogP contribution in [0.4, 0.5) is 0 Å². The zero-order chi connectivity index (χ0) is 10.6. The number of carboxylic acids is 3. The Hall–Kier alpha value is -0.685. The number of hydrogen-bond acceptors (Lipinski definition) is 4. The maximum atomic E-state index is 10.3. The molecule has 0 radical (unpaired) electrons. The van der Waals surface area contributed by atoms with E-state index in [-0.39, 0.29) is 51.2 Å². The Bertz CT molecular complexity index is 239. The molecule has 0 aromatic rings. The molecule has 0 unspecified atom stereocenters. The van der Waals surface area contributed by atoms with E-state index in [9.17, 15) is 14.4 Å². The Kier molecular flexibility index (Phi) is 28.8. The molecule has 10 nitrogen and oxygen atoms in total. The van der Waals surface area contributed by atoms with E-state index in [2.05, 4.69) is 0 Å². The third-order valence-corrected chi connectivity index (χ3v) is 1.29. The van der Waals surface area contributed by atoms with E-state index in [1.165, 1.54) is 0 Å². The fourth-order valence-corrected chi connectivity index (χ4v) is 0.714. The molecular formula is C6H8Al2O10. The number of rotatable bonds is 5. The summed E-state index contributed by atoms with van der Waals surface area (Å²) in [5.74, 6) is -5.02. The van der Waals surface area contributed by atoms with Gasteiger partial charge in [-0.15, -0.1) is 0 Å². The average Bonchev–Trinajstić information content (AvgIpc) is 1.82. The topological polar surface area (TPSA) is 218 Å². The van der Waals surface area contributed by atoms with Crippen LogP contribution in [0.1, 0.15) is 12.8 Å². The smallest absolute Gasteiger partial charge is 2.00 e. The van der Waals surface area contributed by atoms with E-state index in [0.29, 0.717) is 0 Å². The Labute approximate surface area is 122 Å². The van der Waals surface area contributed by atoms with Gasteiger partial charge in [0.15, 0.2) is 5.60 Å². The van der Waals surface area contributed by atoms with Gasteiger partial charge in [-0.1, -0.05) is 0 Å². The maximum Gasteiger partial charge on any atom is 3.00 e. The molecule has 4 N–H and O–H groups in total. The molecule has 18 heavy (non-hydrogen) atoms. The van der Waals surface area contributed by atoms with Gasteiger partial charge in [-0.25, -0.2) is 4.79 Å². The van der Waals surface area contributed by atoms with E-state index < -0.39 is 36.4 Å². The summed E-state index contributed by atoms with van der Waals surface area (Å²) in [6, 6.07) is 0. The Morgan fingerprint density at radius 1 is 0.778 bits per heavy atom. The zero-order valence-corrected chi connectivity index (χ0v) is 11.1. The Morgan fingerprint density at radius 3 is 1.11 bits per heavy atom. The molecule has 0 saturated carbocycles. The molecule has 12 heteroatoms. The van der Waals surface area contributed by atoms with Gasteiger partial charge in [0.25, 0.3) is 0 Å². The van der Waals surface area contributed by atoms with Gasteiger partial charge in [-0.3, -0.25) is 9.59 Å². The molecule has 0 fully saturated rings. The van der Waals surface area contributed by atoms with E-state index in [1.54, 1.807) is 0 Å². The van der Waals surface area contributed by atoms with E-state index in [1.807, 2.05) is 0 Å². The second kappa shape index (κ2) is 14.4. The van der Waals surface area contributed by atoms with Crippen molar-refractivity contribution >= 4 is 52.6 Å². The summed E-state index contributed by atoms with van der Waals surface area (Å²) in [5.41, 5.74) is -2.74. The summed E-state index contributed by atoms with van der Waals surface area (Å²) in [7, 11) is 0. The minimum Gasteiger partial charge on any atom is -2.00 e. The molecule has 0 rings (SSSR count). The molecule has 0 aliphatic heterocycles. The normalized spacial score (nSPS) is 7.83. The molecule has 0 aromatic heterocycles. The number of aliphatic hydroxyl groups is 1. The molecule has 0 bridgehead atoms. The summed E-state index contributed by atoms with van der Waals surface area (Å²) in [4.78, 5) is 30.5. The molecule has 0 aromatic carbocycles. The molecule has 0 heterocycles. The van der Waals surface area contributed by atoms with Gasteiger partial charge >= 0.3 is 52.6 Å². The minimum absolute atomic E-state index is 0. The van der Waals surface area contributed by atoms with Crippen LogP contribution in [-0.2, 0) is 30.8 Å². The summed E-state index contributed by atoms with van der Waals surface area (Å²) >= 11 is 0. The fraction of sp³-hybridized carbons (Fsp3) is 0.500. The van der Waals surface area contributed by atoms with Crippen molar-refractivity contribution in [3.63, 3.8) is 0 Å². The van der Waals surface area contributed by atoms with Crippen molar-refractivity contribution in [3.05, 3.63) is 0 Å². The molecule has 0 aliphatic rings. The molecule has 0 aliphatic carbocycles. The van der Waals surface area contributed by atoms with Gasteiger partial charge in [-0.05, 0) is 0 Å². The van der Waals surface area contributed by atoms with Gasteiger partial charge in [-0.2, -0.15) is 0 Å². The van der Waals surface area contributed by atoms with Crippen LogP contribution in [-0.4, -0.2) is 78.7 Å². The fourth-order valence-electron chi connectivity index (χ4n) is 0.714.